The van der Waals surface area contributed by atoms with E-state index in [2.05, 4.69) is 100 Å². The van der Waals surface area contributed by atoms with Crippen molar-refractivity contribution >= 4 is 177 Å². The Hall–Kier alpha value is -0.925. The first kappa shape index (κ1) is 104. The predicted octanol–water partition coefficient (Wildman–Crippen LogP) is 12.4. The minimum absolute atomic E-state index is 0. The molecule has 27 heteroatoms. The van der Waals surface area contributed by atoms with Gasteiger partial charge in [0.05, 0.1) is 7.11 Å². The van der Waals surface area contributed by atoms with Crippen LogP contribution in [0, 0.1) is 47.1 Å². The number of nitrogen functional groups attached to an aromatic ring is 2. The van der Waals surface area contributed by atoms with E-state index >= 15 is 0 Å². The summed E-state index contributed by atoms with van der Waals surface area (Å²) in [7, 11) is 12.6. The van der Waals surface area contributed by atoms with E-state index in [4.69, 9.17) is 38.4 Å². The van der Waals surface area contributed by atoms with Crippen LogP contribution in [-0.4, -0.2) is 74.1 Å². The predicted molar refractivity (Wildman–Crippen MR) is 356 cm³/mol. The van der Waals surface area contributed by atoms with Gasteiger partial charge in [-0.3, -0.25) is 9.59 Å². The fourth-order valence-corrected chi connectivity index (χ4v) is 6.09. The number of hydrogen-bond acceptors (Lipinski definition) is 11. The number of nitriles is 1. The van der Waals surface area contributed by atoms with Crippen molar-refractivity contribution in [3.63, 3.8) is 0 Å². The van der Waals surface area contributed by atoms with Crippen LogP contribution in [0.2, 0.25) is 0 Å². The molecule has 428 valence electrons. The molecule has 80 heavy (non-hydrogen) atoms. The third kappa shape index (κ3) is 33.1. The van der Waals surface area contributed by atoms with Crippen molar-refractivity contribution in [3.8, 4) is 6.26 Å². The summed E-state index contributed by atoms with van der Waals surface area (Å²) in [4.78, 5) is 67.0. The Kier molecular flexibility index (Phi) is 83.3. The summed E-state index contributed by atoms with van der Waals surface area (Å²) in [5.41, 5.74) is 22.3. The van der Waals surface area contributed by atoms with Crippen molar-refractivity contribution in [2.45, 2.75) is 68.7 Å². The second kappa shape index (κ2) is 64.1. The third-order valence-electron chi connectivity index (χ3n) is 8.70. The zero-order valence-electron chi connectivity index (χ0n) is 47.9. The molecule has 1 aliphatic carbocycles. The van der Waals surface area contributed by atoms with E-state index in [-0.39, 0.29) is 195 Å². The van der Waals surface area contributed by atoms with Gasteiger partial charge in [-0.25, -0.2) is 0 Å². The normalized spacial score (nSPS) is 10.3. The zero-order valence-corrected chi connectivity index (χ0v) is 67.8. The number of aromatic amines is 1. The maximum atomic E-state index is 11.0. The fourth-order valence-electron chi connectivity index (χ4n) is 6.09. The standard InChI is InChI=1S/C11H9N2O2.C10H10N3O2.2C9H6BN2O.C2H3NO.4C2H6.4CH3.2I2.4Y/c1-7(15)12-11-8-4-2-3-5-9(8)13-10(11)6-14;11-10(15)13-9-6-3-1-2-4-7(6)12-8(9)5-14;2*10-12-7-4-2-1-3-6(7)9(11)8(12)5-13;1-4-2-3;4*1-2;;;;;2*1-2;;;;/h2-5,13H,1H3,(H,12,15);1-2,4,6,12H,3H2,(H3,11,13,15);2*1-4H,11H2;1H3;4*1-2H3;4*1H3;;;;;;/q4*-1;;;;;;4*-1;;;;;;. The first-order chi connectivity index (χ1) is 34.9. The van der Waals surface area contributed by atoms with Crippen LogP contribution >= 0.6 is 74.5 Å². The summed E-state index contributed by atoms with van der Waals surface area (Å²) >= 11 is 8.48. The zero-order chi connectivity index (χ0) is 55.9. The SMILES string of the molecule is CC.CC.CC.CC.CC(=O)Nc1c([C-]=O)[nH]c2ccccc12.COC#N.II.II.NC(=O)NC1=C([C-]=O)NC2=CC=CCC21.[B]n1c([C-]=O)c(N)c2ccccc21.[B]n1c([C-]=O)c(N)c2ccccc21.[CH3-].[CH3-].[CH3-].[CH3-].[Y].[Y].[Y].[Y]. The van der Waals surface area contributed by atoms with Gasteiger partial charge >= 0.3 is 0 Å². The molecule has 6 aromatic rings. The van der Waals surface area contributed by atoms with Crippen LogP contribution in [0.3, 0.4) is 0 Å². The number of nitrogens with one attached hydrogen (secondary N) is 4. The van der Waals surface area contributed by atoms with Crippen LogP contribution < -0.4 is 33.2 Å². The minimum atomic E-state index is -0.671. The molecule has 0 spiro atoms. The number of allylic oxidation sites excluding steroid dienone is 4. The van der Waals surface area contributed by atoms with Crippen molar-refractivity contribution in [2.75, 3.05) is 23.9 Å². The van der Waals surface area contributed by atoms with Crippen LogP contribution in [0.15, 0.2) is 108 Å². The number of nitrogens with zero attached hydrogens (tertiary/aromatic N) is 3. The van der Waals surface area contributed by atoms with Gasteiger partial charge < -0.3 is 101 Å². The monoisotopic (exact) mass is 1840 g/mol. The number of nitrogens with two attached hydrogens (primary N) is 3. The average molecular weight is 1840 g/mol. The number of aromatic nitrogens is 3. The van der Waals surface area contributed by atoms with Gasteiger partial charge in [0.2, 0.25) is 21.9 Å². The number of benzene rings is 3. The van der Waals surface area contributed by atoms with E-state index in [0.29, 0.717) is 22.8 Å². The first-order valence-corrected chi connectivity index (χ1v) is 34.3. The number of carbonyl (C=O) groups is 2. The molecule has 0 saturated heterocycles. The summed E-state index contributed by atoms with van der Waals surface area (Å²) in [6.07, 6.45) is 14.8. The van der Waals surface area contributed by atoms with Gasteiger partial charge in [-0.15, -0.1) is 0 Å². The number of fused-ring (bicyclic) bond motifs is 4. The molecule has 3 amide bonds. The Labute approximate surface area is 626 Å². The first-order valence-electron chi connectivity index (χ1n) is 21.7. The van der Waals surface area contributed by atoms with Gasteiger partial charge in [-0.2, -0.15) is 5.26 Å². The third-order valence-corrected chi connectivity index (χ3v) is 8.70. The number of H-pyrrole nitrogens is 1. The molecule has 8 radical (unpaired) electrons. The topological polar surface area (TPSA) is 275 Å². The molecule has 0 bridgehead atoms. The van der Waals surface area contributed by atoms with Gasteiger partial charge in [-0.1, -0.05) is 184 Å². The summed E-state index contributed by atoms with van der Waals surface area (Å²) < 4.78 is 6.34. The summed E-state index contributed by atoms with van der Waals surface area (Å²) in [5, 5.41) is 17.7. The fraction of sp³-hybridized carbons (Fsp3) is 0.226. The number of anilines is 3. The van der Waals surface area contributed by atoms with E-state index < -0.39 is 6.03 Å². The summed E-state index contributed by atoms with van der Waals surface area (Å²) in [6, 6.07) is 21.3. The Morgan fingerprint density at radius 1 is 0.688 bits per heavy atom. The van der Waals surface area contributed by atoms with E-state index in [0.717, 1.165) is 44.8 Å². The van der Waals surface area contributed by atoms with Crippen molar-refractivity contribution < 1.29 is 164 Å². The molecule has 17 nitrogen and oxygen atoms in total. The molecule has 1 unspecified atom stereocenters. The Morgan fingerprint density at radius 3 is 1.41 bits per heavy atom. The minimum Gasteiger partial charge on any atom is -0.473 e. The molecule has 0 saturated carbocycles. The quantitative estimate of drug-likeness (QED) is 0.0356. The molecule has 1 atom stereocenters. The number of ether oxygens (including phenoxy) is 1. The number of carbonyl (C=O) groups excluding carboxylic acids is 6. The Bertz CT molecular complexity index is 2610. The van der Waals surface area contributed by atoms with E-state index in [1.165, 1.54) is 29.2 Å². The van der Waals surface area contributed by atoms with Crippen LogP contribution in [0.5, 0.6) is 0 Å². The molecular formula is C53H70B2I4N10O7Y4-8. The number of rotatable bonds is 6. The molecule has 10 N–H and O–H groups in total. The molecule has 0 fully saturated rings. The van der Waals surface area contributed by atoms with E-state index in [9.17, 15) is 28.8 Å². The van der Waals surface area contributed by atoms with Crippen LogP contribution in [0.25, 0.3) is 32.7 Å². The van der Waals surface area contributed by atoms with E-state index in [1.54, 1.807) is 37.3 Å². The van der Waals surface area contributed by atoms with Gasteiger partial charge in [-0.05, 0) is 36.6 Å². The molecule has 3 aromatic carbocycles. The number of primary amides is 1. The molecule has 8 rings (SSSR count). The van der Waals surface area contributed by atoms with Gasteiger partial charge in [0.25, 0.3) is 12.3 Å². The Morgan fingerprint density at radius 2 is 1.07 bits per heavy atom. The second-order valence-electron chi connectivity index (χ2n) is 12.3. The van der Waals surface area contributed by atoms with Gasteiger partial charge in [0.15, 0.2) is 0 Å². The van der Waals surface area contributed by atoms with Gasteiger partial charge in [0, 0.05) is 260 Å². The molecule has 4 heterocycles. The maximum Gasteiger partial charge on any atom is 0.300 e. The average Bonchev–Trinajstić information content (AvgIpc) is 4.13. The number of urea groups is 1. The van der Waals surface area contributed by atoms with Crippen LogP contribution in [0.4, 0.5) is 21.9 Å². The molecule has 3 aromatic heterocycles. The number of amides is 3. The molecule has 2 aliphatic rings. The molecular weight excluding hydrogens is 1770 g/mol. The van der Waals surface area contributed by atoms with Gasteiger partial charge in [0.1, 0.15) is 0 Å². The van der Waals surface area contributed by atoms with E-state index in [1.807, 2.05) is 134 Å². The Balaban J connectivity index is -0.0000000787. The molecule has 1 aliphatic heterocycles. The van der Waals surface area contributed by atoms with Crippen molar-refractivity contribution in [3.05, 3.63) is 155 Å². The number of para-hydroxylation sites is 3. The summed E-state index contributed by atoms with van der Waals surface area (Å²) in [5.74, 6) is -0.227. The smallest absolute Gasteiger partial charge is 0.300 e. The van der Waals surface area contributed by atoms with Crippen molar-refractivity contribution in [1.82, 2.24) is 24.6 Å². The summed E-state index contributed by atoms with van der Waals surface area (Å²) in [6.45, 7) is 17.4. The van der Waals surface area contributed by atoms with Crippen molar-refractivity contribution in [2.24, 2.45) is 11.7 Å². The second-order valence-corrected chi connectivity index (χ2v) is 12.3. The largest absolute Gasteiger partial charge is 0.473 e. The van der Waals surface area contributed by atoms with Crippen molar-refractivity contribution in [1.29, 1.82) is 5.26 Å². The van der Waals surface area contributed by atoms with Crippen LogP contribution in [-0.2, 0) is 160 Å². The number of hydrogen-bond donors (Lipinski definition) is 7. The maximum absolute atomic E-state index is 11.0. The van der Waals surface area contributed by atoms with Crippen LogP contribution in [0.1, 0.15) is 85.8 Å². The number of methoxy groups -OCH3 is 1. The number of halogens is 4.